The van der Waals surface area contributed by atoms with Gasteiger partial charge in [-0.2, -0.15) is 0 Å². The van der Waals surface area contributed by atoms with Gasteiger partial charge in [-0.3, -0.25) is 4.79 Å². The molecule has 8 heteroatoms. The first-order valence-corrected chi connectivity index (χ1v) is 10.7. The molecule has 0 radical (unpaired) electrons. The summed E-state index contributed by atoms with van der Waals surface area (Å²) in [5.74, 6) is 1.05. The molecular formula is C20H22BrN5OS. The molecule has 3 rings (SSSR count). The van der Waals surface area contributed by atoms with Gasteiger partial charge >= 0.3 is 0 Å². The Morgan fingerprint density at radius 3 is 2.43 bits per heavy atom. The number of nitrogens with one attached hydrogen (secondary N) is 2. The number of rotatable bonds is 8. The molecule has 3 aromatic rings. The highest BCUT2D eigenvalue weighted by Crippen LogP contribution is 2.19. The lowest BCUT2D eigenvalue weighted by molar-refractivity contribution is -0.113. The van der Waals surface area contributed by atoms with Crippen molar-refractivity contribution in [1.29, 1.82) is 0 Å². The quantitative estimate of drug-likeness (QED) is 0.477. The Hall–Kier alpha value is -2.32. The average molecular weight is 460 g/mol. The molecule has 0 atom stereocenters. The third-order valence-corrected chi connectivity index (χ3v) is 5.57. The van der Waals surface area contributed by atoms with Crippen LogP contribution in [0.4, 0.5) is 11.4 Å². The van der Waals surface area contributed by atoms with Crippen molar-refractivity contribution in [2.45, 2.75) is 32.1 Å². The molecule has 1 heterocycles. The fourth-order valence-corrected chi connectivity index (χ4v) is 3.67. The average Bonchev–Trinajstić information content (AvgIpc) is 3.09. The molecule has 0 saturated heterocycles. The fraction of sp³-hybridized carbons (Fsp3) is 0.250. The molecule has 0 aliphatic heterocycles. The van der Waals surface area contributed by atoms with E-state index in [2.05, 4.69) is 55.8 Å². The second kappa shape index (κ2) is 9.75. The summed E-state index contributed by atoms with van der Waals surface area (Å²) in [5.41, 5.74) is 3.04. The molecule has 1 aromatic heterocycles. The van der Waals surface area contributed by atoms with Gasteiger partial charge in [0.2, 0.25) is 5.91 Å². The van der Waals surface area contributed by atoms with Gasteiger partial charge in [-0.25, -0.2) is 0 Å². The standard InChI is InChI=1S/C20H22BrN5OS/c1-3-26-18(12-22-16-8-4-14(2)5-9-16)24-25-20(26)28-13-19(27)23-17-10-6-15(21)7-11-17/h4-11,22H,3,12-13H2,1-2H3,(H,23,27). The van der Waals surface area contributed by atoms with Crippen molar-refractivity contribution < 1.29 is 4.79 Å². The SMILES string of the molecule is CCn1c(CNc2ccc(C)cc2)nnc1SCC(=O)Nc1ccc(Br)cc1. The van der Waals surface area contributed by atoms with Crippen molar-refractivity contribution in [3.8, 4) is 0 Å². The van der Waals surface area contributed by atoms with Gasteiger partial charge in [0.15, 0.2) is 11.0 Å². The molecule has 2 N–H and O–H groups in total. The van der Waals surface area contributed by atoms with E-state index in [0.717, 1.165) is 33.4 Å². The van der Waals surface area contributed by atoms with E-state index in [1.54, 1.807) is 0 Å². The van der Waals surface area contributed by atoms with E-state index in [1.807, 2.05) is 47.9 Å². The van der Waals surface area contributed by atoms with Gasteiger partial charge in [-0.1, -0.05) is 45.4 Å². The first kappa shape index (κ1) is 20.4. The number of anilines is 2. The Morgan fingerprint density at radius 2 is 1.75 bits per heavy atom. The zero-order chi connectivity index (χ0) is 19.9. The van der Waals surface area contributed by atoms with E-state index in [1.165, 1.54) is 17.3 Å². The summed E-state index contributed by atoms with van der Waals surface area (Å²) in [6.07, 6.45) is 0. The highest BCUT2D eigenvalue weighted by atomic mass is 79.9. The molecule has 0 aliphatic rings. The number of aryl methyl sites for hydroxylation is 1. The predicted octanol–water partition coefficient (Wildman–Crippen LogP) is 4.71. The predicted molar refractivity (Wildman–Crippen MR) is 118 cm³/mol. The Balaban J connectivity index is 1.56. The van der Waals surface area contributed by atoms with Crippen LogP contribution >= 0.6 is 27.7 Å². The van der Waals surface area contributed by atoms with Gasteiger partial charge in [-0.05, 0) is 50.2 Å². The van der Waals surface area contributed by atoms with E-state index >= 15 is 0 Å². The number of hydrogen-bond acceptors (Lipinski definition) is 5. The van der Waals surface area contributed by atoms with Crippen molar-refractivity contribution in [3.05, 3.63) is 64.4 Å². The normalized spacial score (nSPS) is 10.7. The minimum atomic E-state index is -0.0719. The summed E-state index contributed by atoms with van der Waals surface area (Å²) in [5, 5.41) is 15.5. The summed E-state index contributed by atoms with van der Waals surface area (Å²) < 4.78 is 3.00. The molecule has 1 amide bonds. The van der Waals surface area contributed by atoms with Crippen molar-refractivity contribution in [2.75, 3.05) is 16.4 Å². The van der Waals surface area contributed by atoms with Gasteiger partial charge in [-0.15, -0.1) is 10.2 Å². The van der Waals surface area contributed by atoms with Gasteiger partial charge < -0.3 is 15.2 Å². The third kappa shape index (κ3) is 5.59. The van der Waals surface area contributed by atoms with E-state index in [-0.39, 0.29) is 11.7 Å². The van der Waals surface area contributed by atoms with Crippen LogP contribution in [0, 0.1) is 6.92 Å². The Morgan fingerprint density at radius 1 is 1.07 bits per heavy atom. The lowest BCUT2D eigenvalue weighted by Crippen LogP contribution is -2.15. The maximum Gasteiger partial charge on any atom is 0.234 e. The molecule has 0 spiro atoms. The van der Waals surface area contributed by atoms with Crippen LogP contribution in [0.3, 0.4) is 0 Å². The molecule has 2 aromatic carbocycles. The summed E-state index contributed by atoms with van der Waals surface area (Å²) in [6.45, 7) is 5.43. The molecule has 0 fully saturated rings. The monoisotopic (exact) mass is 459 g/mol. The van der Waals surface area contributed by atoms with E-state index in [4.69, 9.17) is 0 Å². The summed E-state index contributed by atoms with van der Waals surface area (Å²) in [4.78, 5) is 12.2. The topological polar surface area (TPSA) is 71.8 Å². The van der Waals surface area contributed by atoms with Crippen molar-refractivity contribution in [1.82, 2.24) is 14.8 Å². The summed E-state index contributed by atoms with van der Waals surface area (Å²) in [7, 11) is 0. The number of carbonyl (C=O) groups excluding carboxylic acids is 1. The number of nitrogens with zero attached hydrogens (tertiary/aromatic N) is 3. The van der Waals surface area contributed by atoms with Gasteiger partial charge in [0.1, 0.15) is 0 Å². The Labute approximate surface area is 177 Å². The summed E-state index contributed by atoms with van der Waals surface area (Å²) >= 11 is 4.77. The minimum Gasteiger partial charge on any atom is -0.378 e. The van der Waals surface area contributed by atoms with Gasteiger partial charge in [0.05, 0.1) is 12.3 Å². The molecule has 0 saturated carbocycles. The molecule has 0 unspecified atom stereocenters. The van der Waals surface area contributed by atoms with Crippen molar-refractivity contribution >= 4 is 45.0 Å². The number of aromatic nitrogens is 3. The lowest BCUT2D eigenvalue weighted by atomic mass is 10.2. The Kier molecular flexibility index (Phi) is 7.11. The Bertz CT molecular complexity index is 925. The largest absolute Gasteiger partial charge is 0.378 e. The van der Waals surface area contributed by atoms with Crippen LogP contribution in [0.25, 0.3) is 0 Å². The van der Waals surface area contributed by atoms with Crippen LogP contribution in [0.15, 0.2) is 58.2 Å². The number of carbonyl (C=O) groups is 1. The zero-order valence-corrected chi connectivity index (χ0v) is 18.2. The highest BCUT2D eigenvalue weighted by molar-refractivity contribution is 9.10. The van der Waals surface area contributed by atoms with E-state index < -0.39 is 0 Å². The molecule has 6 nitrogen and oxygen atoms in total. The number of amides is 1. The molecular weight excluding hydrogens is 438 g/mol. The van der Waals surface area contributed by atoms with Crippen molar-refractivity contribution in [2.24, 2.45) is 0 Å². The highest BCUT2D eigenvalue weighted by Gasteiger charge is 2.13. The van der Waals surface area contributed by atoms with Crippen LogP contribution in [-0.4, -0.2) is 26.4 Å². The van der Waals surface area contributed by atoms with E-state index in [0.29, 0.717) is 6.54 Å². The maximum atomic E-state index is 12.2. The third-order valence-electron chi connectivity index (χ3n) is 4.07. The number of halogens is 1. The van der Waals surface area contributed by atoms with Crippen LogP contribution in [0.5, 0.6) is 0 Å². The van der Waals surface area contributed by atoms with Crippen LogP contribution < -0.4 is 10.6 Å². The van der Waals surface area contributed by atoms with Gasteiger partial charge in [0.25, 0.3) is 0 Å². The second-order valence-corrected chi connectivity index (χ2v) is 8.06. The zero-order valence-electron chi connectivity index (χ0n) is 15.8. The van der Waals surface area contributed by atoms with E-state index in [9.17, 15) is 4.79 Å². The first-order chi connectivity index (χ1) is 13.5. The maximum absolute atomic E-state index is 12.2. The van der Waals surface area contributed by atoms with Crippen LogP contribution in [0.1, 0.15) is 18.3 Å². The van der Waals surface area contributed by atoms with Gasteiger partial charge in [0, 0.05) is 22.4 Å². The van der Waals surface area contributed by atoms with Crippen LogP contribution in [-0.2, 0) is 17.9 Å². The smallest absolute Gasteiger partial charge is 0.234 e. The molecule has 0 bridgehead atoms. The summed E-state index contributed by atoms with van der Waals surface area (Å²) in [6, 6.07) is 15.7. The molecule has 28 heavy (non-hydrogen) atoms. The number of thioether (sulfide) groups is 1. The van der Waals surface area contributed by atoms with Crippen molar-refractivity contribution in [3.63, 3.8) is 0 Å². The number of hydrogen-bond donors (Lipinski definition) is 2. The number of benzene rings is 2. The molecule has 0 aliphatic carbocycles. The second-order valence-electron chi connectivity index (χ2n) is 6.21. The lowest BCUT2D eigenvalue weighted by Gasteiger charge is -2.09. The molecule has 146 valence electrons. The fourth-order valence-electron chi connectivity index (χ4n) is 2.59. The first-order valence-electron chi connectivity index (χ1n) is 8.96. The minimum absolute atomic E-state index is 0.0719. The van der Waals surface area contributed by atoms with Crippen LogP contribution in [0.2, 0.25) is 0 Å².